The first-order chi connectivity index (χ1) is 10.4. The van der Waals surface area contributed by atoms with Gasteiger partial charge in [0, 0.05) is 25.3 Å². The summed E-state index contributed by atoms with van der Waals surface area (Å²) < 4.78 is 23.2. The van der Waals surface area contributed by atoms with Crippen molar-refractivity contribution in [1.29, 1.82) is 0 Å². The topological polar surface area (TPSA) is 54.5 Å². The van der Waals surface area contributed by atoms with Crippen LogP contribution in [0.3, 0.4) is 0 Å². The predicted octanol–water partition coefficient (Wildman–Crippen LogP) is 3.02. The molecule has 0 aromatic carbocycles. The van der Waals surface area contributed by atoms with Crippen molar-refractivity contribution in [3.8, 4) is 0 Å². The molecule has 0 aromatic rings. The number of hydrogen-bond donors (Lipinski definition) is 0. The molecule has 0 spiro atoms. The minimum Gasteiger partial charge on any atom is -0.342 e. The molecule has 0 unspecified atom stereocenters. The van der Waals surface area contributed by atoms with Gasteiger partial charge in [-0.05, 0) is 44.4 Å². The van der Waals surface area contributed by atoms with E-state index in [1.54, 1.807) is 0 Å². The van der Waals surface area contributed by atoms with Gasteiger partial charge in [0.05, 0.1) is 5.25 Å². The Labute approximate surface area is 135 Å². The summed E-state index contributed by atoms with van der Waals surface area (Å²) in [6.07, 6.45) is 10.8. The fourth-order valence-electron chi connectivity index (χ4n) is 3.95. The SMILES string of the molecule is CCCCC1CCC(C(=O)N2CCC(S(C)(=O)=O)CC2)CC1. The van der Waals surface area contributed by atoms with Gasteiger partial charge in [-0.25, -0.2) is 8.42 Å². The summed E-state index contributed by atoms with van der Waals surface area (Å²) >= 11 is 0. The molecule has 0 bridgehead atoms. The quantitative estimate of drug-likeness (QED) is 0.779. The number of carbonyl (C=O) groups is 1. The van der Waals surface area contributed by atoms with E-state index in [-0.39, 0.29) is 17.1 Å². The molecule has 1 amide bonds. The molecule has 22 heavy (non-hydrogen) atoms. The Morgan fingerprint density at radius 2 is 1.64 bits per heavy atom. The van der Waals surface area contributed by atoms with Crippen molar-refractivity contribution in [3.05, 3.63) is 0 Å². The fourth-order valence-corrected chi connectivity index (χ4v) is 5.02. The summed E-state index contributed by atoms with van der Waals surface area (Å²) in [5, 5.41) is -0.249. The van der Waals surface area contributed by atoms with Gasteiger partial charge in [0.2, 0.25) is 5.91 Å². The minimum atomic E-state index is -2.95. The van der Waals surface area contributed by atoms with Crippen LogP contribution in [0.25, 0.3) is 0 Å². The third-order valence-corrected chi connectivity index (χ3v) is 7.20. The van der Waals surface area contributed by atoms with Crippen LogP contribution < -0.4 is 0 Å². The van der Waals surface area contributed by atoms with Gasteiger partial charge >= 0.3 is 0 Å². The Kier molecular flexibility index (Phi) is 6.30. The van der Waals surface area contributed by atoms with Gasteiger partial charge in [0.15, 0.2) is 0 Å². The Bertz CT molecular complexity index is 458. The number of unbranched alkanes of at least 4 members (excludes halogenated alkanes) is 1. The molecule has 128 valence electrons. The molecule has 0 aromatic heterocycles. The number of hydrogen-bond acceptors (Lipinski definition) is 3. The van der Waals surface area contributed by atoms with E-state index >= 15 is 0 Å². The number of piperidine rings is 1. The van der Waals surface area contributed by atoms with Gasteiger partial charge in [-0.15, -0.1) is 0 Å². The zero-order valence-electron chi connectivity index (χ0n) is 14.1. The molecule has 5 heteroatoms. The summed E-state index contributed by atoms with van der Waals surface area (Å²) in [7, 11) is -2.95. The molecule has 4 nitrogen and oxygen atoms in total. The molecular formula is C17H31NO3S. The van der Waals surface area contributed by atoms with Crippen LogP contribution in [0.2, 0.25) is 0 Å². The Hall–Kier alpha value is -0.580. The highest BCUT2D eigenvalue weighted by molar-refractivity contribution is 7.91. The lowest BCUT2D eigenvalue weighted by Crippen LogP contribution is -2.45. The first kappa shape index (κ1) is 17.8. The second-order valence-electron chi connectivity index (χ2n) is 7.21. The molecule has 1 saturated carbocycles. The van der Waals surface area contributed by atoms with Crippen LogP contribution in [0.5, 0.6) is 0 Å². The second kappa shape index (κ2) is 7.80. The van der Waals surface area contributed by atoms with E-state index in [2.05, 4.69) is 6.92 Å². The van der Waals surface area contributed by atoms with Gasteiger partial charge in [-0.2, -0.15) is 0 Å². The maximum absolute atomic E-state index is 12.6. The van der Waals surface area contributed by atoms with E-state index in [0.29, 0.717) is 25.9 Å². The predicted molar refractivity (Wildman–Crippen MR) is 89.4 cm³/mol. The third-order valence-electron chi connectivity index (χ3n) is 5.52. The number of nitrogens with zero attached hydrogens (tertiary/aromatic N) is 1. The summed E-state index contributed by atoms with van der Waals surface area (Å²) in [6.45, 7) is 3.47. The van der Waals surface area contributed by atoms with E-state index in [9.17, 15) is 13.2 Å². The van der Waals surface area contributed by atoms with E-state index in [1.807, 2.05) is 4.90 Å². The van der Waals surface area contributed by atoms with Crippen molar-refractivity contribution >= 4 is 15.7 Å². The summed E-state index contributed by atoms with van der Waals surface area (Å²) in [4.78, 5) is 14.5. The van der Waals surface area contributed by atoms with Crippen molar-refractivity contribution < 1.29 is 13.2 Å². The van der Waals surface area contributed by atoms with E-state index in [0.717, 1.165) is 18.8 Å². The lowest BCUT2D eigenvalue weighted by Gasteiger charge is -2.36. The number of amides is 1. The van der Waals surface area contributed by atoms with Crippen LogP contribution in [-0.2, 0) is 14.6 Å². The highest BCUT2D eigenvalue weighted by atomic mass is 32.2. The van der Waals surface area contributed by atoms with Gasteiger partial charge in [0.25, 0.3) is 0 Å². The molecule has 1 saturated heterocycles. The molecule has 1 aliphatic carbocycles. The fraction of sp³-hybridized carbons (Fsp3) is 0.941. The molecule has 0 radical (unpaired) electrons. The largest absolute Gasteiger partial charge is 0.342 e. The minimum absolute atomic E-state index is 0.188. The van der Waals surface area contributed by atoms with Crippen molar-refractivity contribution in [2.45, 2.75) is 70.0 Å². The maximum Gasteiger partial charge on any atom is 0.225 e. The molecule has 2 rings (SSSR count). The molecule has 0 atom stereocenters. The van der Waals surface area contributed by atoms with Crippen molar-refractivity contribution in [2.24, 2.45) is 11.8 Å². The van der Waals surface area contributed by atoms with E-state index < -0.39 is 9.84 Å². The number of rotatable bonds is 5. The highest BCUT2D eigenvalue weighted by Gasteiger charge is 2.33. The van der Waals surface area contributed by atoms with E-state index in [1.165, 1.54) is 38.4 Å². The summed E-state index contributed by atoms with van der Waals surface area (Å²) in [5.41, 5.74) is 0. The van der Waals surface area contributed by atoms with Crippen LogP contribution in [-0.4, -0.2) is 43.8 Å². The highest BCUT2D eigenvalue weighted by Crippen LogP contribution is 2.33. The molecule has 2 fully saturated rings. The average molecular weight is 330 g/mol. The average Bonchev–Trinajstić information content (AvgIpc) is 2.52. The normalized spacial score (nSPS) is 27.8. The van der Waals surface area contributed by atoms with Crippen LogP contribution in [0, 0.1) is 11.8 Å². The molecule has 1 aliphatic heterocycles. The lowest BCUT2D eigenvalue weighted by atomic mass is 9.79. The van der Waals surface area contributed by atoms with Gasteiger partial charge < -0.3 is 4.90 Å². The number of carbonyl (C=O) groups excluding carboxylic acids is 1. The third kappa shape index (κ3) is 4.71. The Morgan fingerprint density at radius 1 is 1.05 bits per heavy atom. The van der Waals surface area contributed by atoms with E-state index in [4.69, 9.17) is 0 Å². The lowest BCUT2D eigenvalue weighted by molar-refractivity contribution is -0.137. The van der Waals surface area contributed by atoms with Gasteiger partial charge in [-0.1, -0.05) is 26.2 Å². The smallest absolute Gasteiger partial charge is 0.225 e. The Balaban J connectivity index is 1.77. The van der Waals surface area contributed by atoms with Crippen LogP contribution >= 0.6 is 0 Å². The summed E-state index contributed by atoms with van der Waals surface area (Å²) in [5.74, 6) is 1.29. The monoisotopic (exact) mass is 329 g/mol. The zero-order valence-corrected chi connectivity index (χ0v) is 14.9. The van der Waals surface area contributed by atoms with Crippen molar-refractivity contribution in [3.63, 3.8) is 0 Å². The first-order valence-electron chi connectivity index (χ1n) is 8.89. The first-order valence-corrected chi connectivity index (χ1v) is 10.8. The van der Waals surface area contributed by atoms with Crippen molar-refractivity contribution in [1.82, 2.24) is 4.90 Å². The van der Waals surface area contributed by atoms with Crippen molar-refractivity contribution in [2.75, 3.05) is 19.3 Å². The van der Waals surface area contributed by atoms with Gasteiger partial charge in [-0.3, -0.25) is 4.79 Å². The van der Waals surface area contributed by atoms with Gasteiger partial charge in [0.1, 0.15) is 9.84 Å². The Morgan fingerprint density at radius 3 is 2.14 bits per heavy atom. The number of sulfone groups is 1. The maximum atomic E-state index is 12.6. The van der Waals surface area contributed by atoms with Crippen LogP contribution in [0.15, 0.2) is 0 Å². The standard InChI is InChI=1S/C17H31NO3S/c1-3-4-5-14-6-8-15(9-7-14)17(19)18-12-10-16(11-13-18)22(2,20)21/h14-16H,3-13H2,1-2H3. The van der Waals surface area contributed by atoms with Crippen LogP contribution in [0.4, 0.5) is 0 Å². The zero-order chi connectivity index (χ0) is 16.2. The summed E-state index contributed by atoms with van der Waals surface area (Å²) in [6, 6.07) is 0. The molecule has 2 aliphatic rings. The molecule has 0 N–H and O–H groups in total. The molecule has 1 heterocycles. The second-order valence-corrected chi connectivity index (χ2v) is 9.54. The van der Waals surface area contributed by atoms with Crippen LogP contribution in [0.1, 0.15) is 64.7 Å². The number of likely N-dealkylation sites (tertiary alicyclic amines) is 1. The molecular weight excluding hydrogens is 298 g/mol.